The molecule has 0 spiro atoms. The van der Waals surface area contributed by atoms with Gasteiger partial charge in [-0.15, -0.1) is 0 Å². The lowest BCUT2D eigenvalue weighted by Crippen LogP contribution is -2.37. The van der Waals surface area contributed by atoms with E-state index in [4.69, 9.17) is 4.42 Å². The molecule has 0 atom stereocenters. The van der Waals surface area contributed by atoms with Gasteiger partial charge in [0.25, 0.3) is 0 Å². The van der Waals surface area contributed by atoms with Gasteiger partial charge >= 0.3 is 0 Å². The number of benzene rings is 1. The minimum atomic E-state index is -3.70. The summed E-state index contributed by atoms with van der Waals surface area (Å²) in [5.74, 6) is 0.488. The van der Waals surface area contributed by atoms with Crippen LogP contribution in [0.1, 0.15) is 16.9 Å². The number of nitrogens with one attached hydrogen (secondary N) is 1. The Morgan fingerprint density at radius 3 is 2.36 bits per heavy atom. The number of hydrogen-bond donors (Lipinski definition) is 1. The molecule has 1 heterocycles. The summed E-state index contributed by atoms with van der Waals surface area (Å²) in [5.41, 5.74) is 1.87. The molecular formula is C16H22N2O5S2. The Bertz CT molecular complexity index is 919. The topological polar surface area (TPSA) is 96.7 Å². The van der Waals surface area contributed by atoms with E-state index >= 15 is 0 Å². The third kappa shape index (κ3) is 5.40. The van der Waals surface area contributed by atoms with Gasteiger partial charge in [-0.25, -0.2) is 21.6 Å². The number of aryl methyl sites for hydroxylation is 2. The predicted octanol–water partition coefficient (Wildman–Crippen LogP) is 1.64. The van der Waals surface area contributed by atoms with Crippen LogP contribution in [0.4, 0.5) is 0 Å². The van der Waals surface area contributed by atoms with Gasteiger partial charge in [-0.3, -0.25) is 0 Å². The Morgan fingerprint density at radius 1 is 1.08 bits per heavy atom. The van der Waals surface area contributed by atoms with Gasteiger partial charge in [0.15, 0.2) is 0 Å². The third-order valence-corrected chi connectivity index (χ3v) is 6.53. The van der Waals surface area contributed by atoms with Crippen molar-refractivity contribution >= 4 is 20.0 Å². The summed E-state index contributed by atoms with van der Waals surface area (Å²) >= 11 is 0. The van der Waals surface area contributed by atoms with Crippen LogP contribution in [0.3, 0.4) is 0 Å². The van der Waals surface area contributed by atoms with E-state index in [9.17, 15) is 16.8 Å². The number of sulfonamides is 2. The number of rotatable bonds is 8. The molecule has 1 aromatic heterocycles. The zero-order chi connectivity index (χ0) is 18.7. The quantitative estimate of drug-likeness (QED) is 0.744. The Hall–Kier alpha value is -1.68. The fourth-order valence-electron chi connectivity index (χ4n) is 2.21. The van der Waals surface area contributed by atoms with Crippen molar-refractivity contribution in [2.24, 2.45) is 0 Å². The molecule has 0 saturated heterocycles. The molecule has 1 N–H and O–H groups in total. The lowest BCUT2D eigenvalue weighted by molar-refractivity contribution is 0.368. The minimum absolute atomic E-state index is 0.00358. The van der Waals surface area contributed by atoms with Crippen molar-refractivity contribution in [2.75, 3.05) is 19.3 Å². The number of hydrogen-bond acceptors (Lipinski definition) is 5. The van der Waals surface area contributed by atoms with Gasteiger partial charge in [-0.05, 0) is 49.2 Å². The van der Waals surface area contributed by atoms with Crippen LogP contribution in [-0.4, -0.2) is 40.5 Å². The second-order valence-corrected chi connectivity index (χ2v) is 9.57. The molecule has 0 aliphatic carbocycles. The van der Waals surface area contributed by atoms with E-state index in [1.807, 2.05) is 13.8 Å². The van der Waals surface area contributed by atoms with Crippen LogP contribution in [0.25, 0.3) is 0 Å². The van der Waals surface area contributed by atoms with Crippen molar-refractivity contribution < 1.29 is 21.3 Å². The first kappa shape index (κ1) is 19.6. The first-order valence-corrected chi connectivity index (χ1v) is 11.0. The molecule has 0 bridgehead atoms. The van der Waals surface area contributed by atoms with Crippen molar-refractivity contribution in [1.29, 1.82) is 0 Å². The summed E-state index contributed by atoms with van der Waals surface area (Å²) in [6, 6.07) is 8.19. The first-order chi connectivity index (χ1) is 11.6. The van der Waals surface area contributed by atoms with Crippen molar-refractivity contribution in [3.05, 3.63) is 53.5 Å². The number of nitrogens with zero attached hydrogens (tertiary/aromatic N) is 1. The highest BCUT2D eigenvalue weighted by Crippen LogP contribution is 2.14. The van der Waals surface area contributed by atoms with E-state index in [-0.39, 0.29) is 24.5 Å². The Kier molecular flexibility index (Phi) is 6.04. The molecule has 2 rings (SSSR count). The summed E-state index contributed by atoms with van der Waals surface area (Å²) in [6.45, 7) is 3.75. The van der Waals surface area contributed by atoms with Gasteiger partial charge in [-0.2, -0.15) is 4.31 Å². The van der Waals surface area contributed by atoms with E-state index < -0.39 is 20.0 Å². The molecule has 0 aliphatic rings. The van der Waals surface area contributed by atoms with Gasteiger partial charge < -0.3 is 4.42 Å². The number of furan rings is 1. The first-order valence-electron chi connectivity index (χ1n) is 7.64. The standard InChI is InChI=1S/C16H22N2O5S2/c1-13-6-7-16(11-14(13)2)25(21,22)17-8-9-18(24(3,19)20)12-15-5-4-10-23-15/h4-7,10-11,17H,8-9,12H2,1-3H3. The maximum absolute atomic E-state index is 12.3. The van der Waals surface area contributed by atoms with E-state index in [2.05, 4.69) is 4.72 Å². The van der Waals surface area contributed by atoms with Crippen molar-refractivity contribution in [3.63, 3.8) is 0 Å². The zero-order valence-corrected chi connectivity index (χ0v) is 16.0. The Labute approximate surface area is 148 Å². The molecule has 0 unspecified atom stereocenters. The second-order valence-electron chi connectivity index (χ2n) is 5.82. The monoisotopic (exact) mass is 386 g/mol. The molecule has 0 saturated carbocycles. The molecule has 9 heteroatoms. The lowest BCUT2D eigenvalue weighted by atomic mass is 10.1. The molecular weight excluding hydrogens is 364 g/mol. The van der Waals surface area contributed by atoms with Crippen LogP contribution in [0, 0.1) is 13.8 Å². The fourth-order valence-corrected chi connectivity index (χ4v) is 4.10. The van der Waals surface area contributed by atoms with E-state index in [1.54, 1.807) is 24.3 Å². The summed E-state index contributed by atoms with van der Waals surface area (Å²) < 4.78 is 57.2. The summed E-state index contributed by atoms with van der Waals surface area (Å²) in [4.78, 5) is 0.160. The summed E-state index contributed by atoms with van der Waals surface area (Å²) in [6.07, 6.45) is 2.53. The van der Waals surface area contributed by atoms with Crippen LogP contribution >= 0.6 is 0 Å². The van der Waals surface area contributed by atoms with Crippen LogP contribution < -0.4 is 4.72 Å². The Balaban J connectivity index is 2.04. The van der Waals surface area contributed by atoms with Gasteiger partial charge in [0.1, 0.15) is 5.76 Å². The van der Waals surface area contributed by atoms with E-state index in [1.165, 1.54) is 12.3 Å². The predicted molar refractivity (Wildman–Crippen MR) is 95.1 cm³/mol. The molecule has 138 valence electrons. The zero-order valence-electron chi connectivity index (χ0n) is 14.4. The van der Waals surface area contributed by atoms with E-state index in [0.717, 1.165) is 21.7 Å². The molecule has 7 nitrogen and oxygen atoms in total. The summed E-state index contributed by atoms with van der Waals surface area (Å²) in [5, 5.41) is 0. The molecule has 0 radical (unpaired) electrons. The van der Waals surface area contributed by atoms with Gasteiger partial charge in [0.2, 0.25) is 20.0 Å². The van der Waals surface area contributed by atoms with Crippen molar-refractivity contribution in [1.82, 2.24) is 9.03 Å². The van der Waals surface area contributed by atoms with Crippen LogP contribution in [0.2, 0.25) is 0 Å². The summed E-state index contributed by atoms with van der Waals surface area (Å²) in [7, 11) is -7.19. The minimum Gasteiger partial charge on any atom is -0.468 e. The average molecular weight is 386 g/mol. The third-order valence-electron chi connectivity index (χ3n) is 3.82. The highest BCUT2D eigenvalue weighted by Gasteiger charge is 2.20. The van der Waals surface area contributed by atoms with Crippen molar-refractivity contribution in [2.45, 2.75) is 25.3 Å². The lowest BCUT2D eigenvalue weighted by Gasteiger charge is -2.19. The van der Waals surface area contributed by atoms with Gasteiger partial charge in [0, 0.05) is 13.1 Å². The van der Waals surface area contributed by atoms with Crippen molar-refractivity contribution in [3.8, 4) is 0 Å². The average Bonchev–Trinajstić information content (AvgIpc) is 3.01. The Morgan fingerprint density at radius 2 is 1.80 bits per heavy atom. The molecule has 2 aromatic rings. The smallest absolute Gasteiger partial charge is 0.240 e. The fraction of sp³-hybridized carbons (Fsp3) is 0.375. The highest BCUT2D eigenvalue weighted by atomic mass is 32.2. The second kappa shape index (κ2) is 7.69. The van der Waals surface area contributed by atoms with Crippen LogP contribution in [0.15, 0.2) is 45.9 Å². The molecule has 0 fully saturated rings. The van der Waals surface area contributed by atoms with E-state index in [0.29, 0.717) is 5.76 Å². The maximum Gasteiger partial charge on any atom is 0.240 e. The molecule has 1 aromatic carbocycles. The van der Waals surface area contributed by atoms with Gasteiger partial charge in [0.05, 0.1) is 24.0 Å². The largest absolute Gasteiger partial charge is 0.468 e. The molecule has 25 heavy (non-hydrogen) atoms. The molecule has 0 amide bonds. The normalized spacial score (nSPS) is 12.6. The molecule has 0 aliphatic heterocycles. The SMILES string of the molecule is Cc1ccc(S(=O)(=O)NCCN(Cc2ccco2)S(C)(=O)=O)cc1C. The van der Waals surface area contributed by atoms with Gasteiger partial charge in [-0.1, -0.05) is 6.07 Å². The highest BCUT2D eigenvalue weighted by molar-refractivity contribution is 7.89. The van der Waals surface area contributed by atoms with Crippen LogP contribution in [0.5, 0.6) is 0 Å². The maximum atomic E-state index is 12.3. The van der Waals surface area contributed by atoms with Crippen LogP contribution in [-0.2, 0) is 26.6 Å².